The zero-order valence-electron chi connectivity index (χ0n) is 8.86. The summed E-state index contributed by atoms with van der Waals surface area (Å²) in [5, 5.41) is 0. The van der Waals surface area contributed by atoms with Crippen LogP contribution in [0.5, 0.6) is 0 Å². The number of nitrogens with zero attached hydrogens (tertiary/aromatic N) is 1. The molecule has 0 aromatic carbocycles. The van der Waals surface area contributed by atoms with Crippen LogP contribution in [-0.2, 0) is 14.3 Å². The van der Waals surface area contributed by atoms with Gasteiger partial charge in [-0.3, -0.25) is 9.59 Å². The molecule has 1 saturated heterocycles. The third-order valence-corrected chi connectivity index (χ3v) is 3.28. The van der Waals surface area contributed by atoms with Crippen molar-refractivity contribution in [1.29, 1.82) is 0 Å². The number of fused-ring (bicyclic) bond motifs is 2. The molecule has 0 unspecified atom stereocenters. The van der Waals surface area contributed by atoms with Crippen molar-refractivity contribution in [1.82, 2.24) is 4.90 Å². The van der Waals surface area contributed by atoms with Crippen LogP contribution in [0.25, 0.3) is 0 Å². The average molecular weight is 209 g/mol. The molecule has 0 N–H and O–H groups in total. The normalized spacial score (nSPS) is 32.1. The van der Waals surface area contributed by atoms with Gasteiger partial charge in [0.1, 0.15) is 0 Å². The quantitative estimate of drug-likeness (QED) is 0.363. The molecule has 1 atom stereocenters. The van der Waals surface area contributed by atoms with E-state index in [0.717, 1.165) is 6.42 Å². The molecule has 1 fully saturated rings. The summed E-state index contributed by atoms with van der Waals surface area (Å²) >= 11 is 0. The van der Waals surface area contributed by atoms with Crippen LogP contribution < -0.4 is 0 Å². The molecule has 2 aliphatic rings. The molecule has 1 amide bonds. The minimum Gasteiger partial charge on any atom is -0.468 e. The van der Waals surface area contributed by atoms with Gasteiger partial charge < -0.3 is 9.64 Å². The smallest absolute Gasteiger partial charge is 0.321 e. The highest BCUT2D eigenvalue weighted by molar-refractivity contribution is 6.04. The first kappa shape index (κ1) is 10.2. The first-order valence-electron chi connectivity index (χ1n) is 5.23. The molecule has 2 rings (SSSR count). The average Bonchev–Trinajstić information content (AvgIpc) is 2.61. The van der Waals surface area contributed by atoms with Crippen molar-refractivity contribution < 1.29 is 14.3 Å². The van der Waals surface area contributed by atoms with E-state index in [9.17, 15) is 9.59 Å². The Bertz CT molecular complexity index is 324. The van der Waals surface area contributed by atoms with Crippen molar-refractivity contribution in [2.75, 3.05) is 20.2 Å². The molecule has 4 heteroatoms. The number of ether oxygens (including phenoxy) is 1. The van der Waals surface area contributed by atoms with Crippen LogP contribution in [0, 0.1) is 5.41 Å². The summed E-state index contributed by atoms with van der Waals surface area (Å²) in [5.41, 5.74) is -0.925. The summed E-state index contributed by atoms with van der Waals surface area (Å²) in [6.45, 7) is 1.39. The molecule has 2 heterocycles. The Morgan fingerprint density at radius 3 is 3.00 bits per heavy atom. The highest BCUT2D eigenvalue weighted by Crippen LogP contribution is 2.38. The topological polar surface area (TPSA) is 46.6 Å². The fraction of sp³-hybridized carbons (Fsp3) is 0.636. The highest BCUT2D eigenvalue weighted by atomic mass is 16.5. The lowest BCUT2D eigenvalue weighted by atomic mass is 9.82. The summed E-state index contributed by atoms with van der Waals surface area (Å²) in [6, 6.07) is 0. The molecular weight excluding hydrogens is 194 g/mol. The molecule has 15 heavy (non-hydrogen) atoms. The fourth-order valence-corrected chi connectivity index (χ4v) is 2.34. The maximum atomic E-state index is 12.1. The van der Waals surface area contributed by atoms with E-state index in [1.807, 2.05) is 12.2 Å². The number of hydrogen-bond acceptors (Lipinski definition) is 3. The number of allylic oxidation sites excluding steroid dienone is 1. The predicted octanol–water partition coefficient (Wildman–Crippen LogP) is 0.728. The number of amides is 1. The van der Waals surface area contributed by atoms with Gasteiger partial charge in [-0.1, -0.05) is 12.2 Å². The Morgan fingerprint density at radius 1 is 1.47 bits per heavy atom. The monoisotopic (exact) mass is 209 g/mol. The van der Waals surface area contributed by atoms with Crippen LogP contribution in [0.15, 0.2) is 12.2 Å². The number of hydrogen-bond donors (Lipinski definition) is 0. The van der Waals surface area contributed by atoms with Gasteiger partial charge in [0.15, 0.2) is 5.41 Å². The first-order chi connectivity index (χ1) is 7.20. The fourth-order valence-electron chi connectivity index (χ4n) is 2.34. The maximum absolute atomic E-state index is 12.1. The highest BCUT2D eigenvalue weighted by Gasteiger charge is 2.52. The van der Waals surface area contributed by atoms with E-state index in [1.54, 1.807) is 4.90 Å². The lowest BCUT2D eigenvalue weighted by Crippen LogP contribution is -2.41. The number of esters is 1. The second-order valence-corrected chi connectivity index (χ2v) is 4.08. The van der Waals surface area contributed by atoms with Crippen molar-refractivity contribution in [3.63, 3.8) is 0 Å². The standard InChI is InChI=1S/C11H15NO3/c1-15-10(14)11-5-3-2-4-7-12(8-6-11)9(11)13/h2-3H,4-8H2,1H3/b3-2-/t11-/m0/s1. The van der Waals surface area contributed by atoms with E-state index in [1.165, 1.54) is 7.11 Å². The molecule has 0 spiro atoms. The molecule has 0 saturated carbocycles. The van der Waals surface area contributed by atoms with E-state index >= 15 is 0 Å². The minimum absolute atomic E-state index is 0.0568. The van der Waals surface area contributed by atoms with E-state index in [-0.39, 0.29) is 11.9 Å². The number of carbonyl (C=O) groups is 2. The van der Waals surface area contributed by atoms with E-state index < -0.39 is 5.41 Å². The number of rotatable bonds is 1. The predicted molar refractivity (Wildman–Crippen MR) is 54.0 cm³/mol. The summed E-state index contributed by atoms with van der Waals surface area (Å²) < 4.78 is 4.76. The maximum Gasteiger partial charge on any atom is 0.321 e. The molecule has 0 aromatic rings. The zero-order chi connectivity index (χ0) is 10.9. The lowest BCUT2D eigenvalue weighted by molar-refractivity contribution is -0.158. The molecule has 0 radical (unpaired) electrons. The van der Waals surface area contributed by atoms with Crippen molar-refractivity contribution in [2.24, 2.45) is 5.41 Å². The van der Waals surface area contributed by atoms with Gasteiger partial charge in [-0.25, -0.2) is 0 Å². The van der Waals surface area contributed by atoms with Crippen LogP contribution in [0.1, 0.15) is 19.3 Å². The van der Waals surface area contributed by atoms with E-state index in [2.05, 4.69) is 0 Å². The second kappa shape index (κ2) is 3.68. The Balaban J connectivity index is 2.34. The van der Waals surface area contributed by atoms with Crippen LogP contribution >= 0.6 is 0 Å². The van der Waals surface area contributed by atoms with Gasteiger partial charge in [-0.05, 0) is 19.3 Å². The number of methoxy groups -OCH3 is 1. The molecule has 82 valence electrons. The Labute approximate surface area is 88.9 Å². The largest absolute Gasteiger partial charge is 0.468 e. The Hall–Kier alpha value is -1.32. The third kappa shape index (κ3) is 1.44. The summed E-state index contributed by atoms with van der Waals surface area (Å²) in [5.74, 6) is -0.444. The van der Waals surface area contributed by atoms with E-state index in [4.69, 9.17) is 4.74 Å². The van der Waals surface area contributed by atoms with Gasteiger partial charge in [-0.2, -0.15) is 0 Å². The van der Waals surface area contributed by atoms with Gasteiger partial charge >= 0.3 is 5.97 Å². The van der Waals surface area contributed by atoms with Crippen molar-refractivity contribution in [3.05, 3.63) is 12.2 Å². The SMILES string of the molecule is COC(=O)[C@@]12C/C=C\CCN(CC1)C2=O. The van der Waals surface area contributed by atoms with Gasteiger partial charge in [0.25, 0.3) is 0 Å². The molecule has 4 nitrogen and oxygen atoms in total. The molecule has 2 aliphatic heterocycles. The molecule has 0 aromatic heterocycles. The minimum atomic E-state index is -0.925. The van der Waals surface area contributed by atoms with Crippen molar-refractivity contribution >= 4 is 11.9 Å². The van der Waals surface area contributed by atoms with Gasteiger partial charge in [-0.15, -0.1) is 0 Å². The van der Waals surface area contributed by atoms with Crippen molar-refractivity contribution in [3.8, 4) is 0 Å². The van der Waals surface area contributed by atoms with Gasteiger partial charge in [0.05, 0.1) is 7.11 Å². The van der Waals surface area contributed by atoms with Crippen LogP contribution in [-0.4, -0.2) is 37.0 Å². The molecular formula is C11H15NO3. The molecule has 0 aliphatic carbocycles. The Morgan fingerprint density at radius 2 is 2.27 bits per heavy atom. The summed E-state index contributed by atoms with van der Waals surface area (Å²) in [4.78, 5) is 25.6. The van der Waals surface area contributed by atoms with Crippen LogP contribution in [0.3, 0.4) is 0 Å². The molecule has 2 bridgehead atoms. The number of carbonyl (C=O) groups excluding carboxylic acids is 2. The van der Waals surface area contributed by atoms with Crippen LogP contribution in [0.2, 0.25) is 0 Å². The summed E-state index contributed by atoms with van der Waals surface area (Å²) in [6.07, 6.45) is 5.90. The second-order valence-electron chi connectivity index (χ2n) is 4.08. The zero-order valence-corrected chi connectivity index (χ0v) is 8.86. The summed E-state index contributed by atoms with van der Waals surface area (Å²) in [7, 11) is 1.34. The lowest BCUT2D eigenvalue weighted by Gasteiger charge is -2.25. The van der Waals surface area contributed by atoms with Gasteiger partial charge in [0.2, 0.25) is 5.91 Å². The first-order valence-corrected chi connectivity index (χ1v) is 5.23. The van der Waals surface area contributed by atoms with E-state index in [0.29, 0.717) is 25.9 Å². The van der Waals surface area contributed by atoms with Crippen molar-refractivity contribution in [2.45, 2.75) is 19.3 Å². The Kier molecular flexibility index (Phi) is 2.50. The van der Waals surface area contributed by atoms with Gasteiger partial charge in [0, 0.05) is 13.1 Å². The third-order valence-electron chi connectivity index (χ3n) is 3.28. The van der Waals surface area contributed by atoms with Crippen LogP contribution in [0.4, 0.5) is 0 Å².